The molecule has 0 fully saturated rings. The van der Waals surface area contributed by atoms with Gasteiger partial charge in [0.1, 0.15) is 5.75 Å². The number of hydrogen-bond donors (Lipinski definition) is 2. The first-order valence-corrected chi connectivity index (χ1v) is 3.41. The van der Waals surface area contributed by atoms with Crippen LogP contribution in [0.4, 0.5) is 0 Å². The van der Waals surface area contributed by atoms with Crippen LogP contribution in [-0.4, -0.2) is 16.5 Å². The van der Waals surface area contributed by atoms with E-state index in [0.29, 0.717) is 5.56 Å². The smallest absolute Gasteiger partial charge is 0.124 e. The van der Waals surface area contributed by atoms with Gasteiger partial charge in [-0.2, -0.15) is 0 Å². The molecule has 0 saturated heterocycles. The standard InChI is InChI=1S/C9H9NO2/c1-2-7-3-4-9(11)8(5-7)6-10-12/h2-6,11-12H,1H2. The molecule has 0 amide bonds. The Bertz CT molecular complexity index is 318. The molecule has 0 atom stereocenters. The van der Waals surface area contributed by atoms with Gasteiger partial charge in [0.15, 0.2) is 0 Å². The quantitative estimate of drug-likeness (QED) is 0.397. The molecule has 1 aromatic rings. The Balaban J connectivity index is 3.16. The minimum absolute atomic E-state index is 0.0819. The van der Waals surface area contributed by atoms with Gasteiger partial charge in [0.05, 0.1) is 6.21 Å². The molecular formula is C9H9NO2. The molecule has 62 valence electrons. The van der Waals surface area contributed by atoms with E-state index in [9.17, 15) is 5.11 Å². The van der Waals surface area contributed by atoms with E-state index in [2.05, 4.69) is 11.7 Å². The van der Waals surface area contributed by atoms with E-state index in [1.807, 2.05) is 0 Å². The first-order valence-electron chi connectivity index (χ1n) is 3.41. The fraction of sp³-hybridized carbons (Fsp3) is 0. The minimum Gasteiger partial charge on any atom is -0.507 e. The van der Waals surface area contributed by atoms with Gasteiger partial charge in [0.2, 0.25) is 0 Å². The van der Waals surface area contributed by atoms with Crippen LogP contribution in [0.2, 0.25) is 0 Å². The Morgan fingerprint density at radius 2 is 2.17 bits per heavy atom. The fourth-order valence-corrected chi connectivity index (χ4v) is 0.866. The highest BCUT2D eigenvalue weighted by atomic mass is 16.4. The molecule has 1 aromatic carbocycles. The van der Waals surface area contributed by atoms with E-state index in [0.717, 1.165) is 5.56 Å². The van der Waals surface area contributed by atoms with Gasteiger partial charge in [-0.15, -0.1) is 0 Å². The molecule has 0 heterocycles. The van der Waals surface area contributed by atoms with Crippen molar-refractivity contribution < 1.29 is 10.3 Å². The summed E-state index contributed by atoms with van der Waals surface area (Å²) in [6, 6.07) is 4.91. The molecule has 0 aliphatic carbocycles. The van der Waals surface area contributed by atoms with E-state index < -0.39 is 0 Å². The lowest BCUT2D eigenvalue weighted by Crippen LogP contribution is -1.83. The highest BCUT2D eigenvalue weighted by Crippen LogP contribution is 2.16. The fourth-order valence-electron chi connectivity index (χ4n) is 0.866. The lowest BCUT2D eigenvalue weighted by Gasteiger charge is -1.98. The molecule has 0 aliphatic rings. The molecule has 3 nitrogen and oxygen atoms in total. The topological polar surface area (TPSA) is 52.8 Å². The second-order valence-electron chi connectivity index (χ2n) is 2.27. The molecule has 1 rings (SSSR count). The van der Waals surface area contributed by atoms with Crippen molar-refractivity contribution in [3.63, 3.8) is 0 Å². The molecule has 2 N–H and O–H groups in total. The van der Waals surface area contributed by atoms with Crippen molar-refractivity contribution in [3.8, 4) is 5.75 Å². The zero-order chi connectivity index (χ0) is 8.97. The lowest BCUT2D eigenvalue weighted by molar-refractivity contribution is 0.321. The molecule has 12 heavy (non-hydrogen) atoms. The third kappa shape index (κ3) is 1.63. The predicted octanol–water partition coefficient (Wildman–Crippen LogP) is 1.84. The van der Waals surface area contributed by atoms with Gasteiger partial charge in [-0.25, -0.2) is 0 Å². The van der Waals surface area contributed by atoms with Gasteiger partial charge in [-0.05, 0) is 17.7 Å². The van der Waals surface area contributed by atoms with Crippen molar-refractivity contribution in [1.82, 2.24) is 0 Å². The van der Waals surface area contributed by atoms with Crippen LogP contribution in [0.15, 0.2) is 29.9 Å². The van der Waals surface area contributed by atoms with E-state index in [4.69, 9.17) is 5.21 Å². The van der Waals surface area contributed by atoms with Gasteiger partial charge >= 0.3 is 0 Å². The average molecular weight is 163 g/mol. The SMILES string of the molecule is C=Cc1ccc(O)c(C=NO)c1. The molecule has 0 spiro atoms. The summed E-state index contributed by atoms with van der Waals surface area (Å²) in [4.78, 5) is 0. The second-order valence-corrected chi connectivity index (χ2v) is 2.27. The van der Waals surface area contributed by atoms with Crippen molar-refractivity contribution in [1.29, 1.82) is 0 Å². The highest BCUT2D eigenvalue weighted by Gasteiger charge is 1.97. The van der Waals surface area contributed by atoms with E-state index in [1.165, 1.54) is 12.3 Å². The van der Waals surface area contributed by atoms with Gasteiger partial charge < -0.3 is 10.3 Å². The summed E-state index contributed by atoms with van der Waals surface area (Å²) in [5, 5.41) is 20.3. The molecular weight excluding hydrogens is 154 g/mol. The number of phenols is 1. The van der Waals surface area contributed by atoms with E-state index in [-0.39, 0.29) is 5.75 Å². The highest BCUT2D eigenvalue weighted by molar-refractivity contribution is 5.84. The Morgan fingerprint density at radius 3 is 2.75 bits per heavy atom. The third-order valence-corrected chi connectivity index (χ3v) is 1.48. The molecule has 0 unspecified atom stereocenters. The number of oxime groups is 1. The zero-order valence-electron chi connectivity index (χ0n) is 6.44. The predicted molar refractivity (Wildman–Crippen MR) is 47.6 cm³/mol. The van der Waals surface area contributed by atoms with Crippen molar-refractivity contribution in [3.05, 3.63) is 35.9 Å². The Labute approximate surface area is 70.3 Å². The maximum Gasteiger partial charge on any atom is 0.124 e. The molecule has 0 bridgehead atoms. The number of benzene rings is 1. The van der Waals surface area contributed by atoms with Crippen molar-refractivity contribution >= 4 is 12.3 Å². The molecule has 0 aliphatic heterocycles. The van der Waals surface area contributed by atoms with Crippen LogP contribution in [0, 0.1) is 0 Å². The summed E-state index contributed by atoms with van der Waals surface area (Å²) in [5.41, 5.74) is 1.33. The van der Waals surface area contributed by atoms with E-state index in [1.54, 1.807) is 18.2 Å². The van der Waals surface area contributed by atoms with Gasteiger partial charge in [-0.3, -0.25) is 0 Å². The first kappa shape index (κ1) is 8.33. The summed E-state index contributed by atoms with van der Waals surface area (Å²) < 4.78 is 0. The zero-order valence-corrected chi connectivity index (χ0v) is 6.44. The molecule has 0 saturated carbocycles. The van der Waals surface area contributed by atoms with Crippen LogP contribution < -0.4 is 0 Å². The van der Waals surface area contributed by atoms with Crippen LogP contribution in [0.5, 0.6) is 5.75 Å². The summed E-state index contributed by atoms with van der Waals surface area (Å²) in [6.07, 6.45) is 2.82. The number of hydrogen-bond acceptors (Lipinski definition) is 3. The largest absolute Gasteiger partial charge is 0.507 e. The first-order chi connectivity index (χ1) is 5.77. The lowest BCUT2D eigenvalue weighted by atomic mass is 10.1. The van der Waals surface area contributed by atoms with Gasteiger partial charge in [0.25, 0.3) is 0 Å². The third-order valence-electron chi connectivity index (χ3n) is 1.48. The number of rotatable bonds is 2. The minimum atomic E-state index is 0.0819. The number of aromatic hydroxyl groups is 1. The maximum absolute atomic E-state index is 9.22. The summed E-state index contributed by atoms with van der Waals surface area (Å²) >= 11 is 0. The van der Waals surface area contributed by atoms with E-state index >= 15 is 0 Å². The van der Waals surface area contributed by atoms with Crippen LogP contribution in [0.1, 0.15) is 11.1 Å². The van der Waals surface area contributed by atoms with Crippen molar-refractivity contribution in [2.24, 2.45) is 5.16 Å². The Hall–Kier alpha value is -1.77. The second kappa shape index (κ2) is 3.57. The van der Waals surface area contributed by atoms with Crippen molar-refractivity contribution in [2.75, 3.05) is 0 Å². The Kier molecular flexibility index (Phi) is 2.48. The Morgan fingerprint density at radius 1 is 1.42 bits per heavy atom. The van der Waals surface area contributed by atoms with Crippen LogP contribution in [-0.2, 0) is 0 Å². The normalized spacial score (nSPS) is 10.3. The summed E-state index contributed by atoms with van der Waals surface area (Å²) in [7, 11) is 0. The van der Waals surface area contributed by atoms with Crippen LogP contribution in [0.3, 0.4) is 0 Å². The summed E-state index contributed by atoms with van der Waals surface area (Å²) in [6.45, 7) is 3.57. The molecule has 0 aromatic heterocycles. The van der Waals surface area contributed by atoms with Crippen LogP contribution >= 0.6 is 0 Å². The number of nitrogens with zero attached hydrogens (tertiary/aromatic N) is 1. The monoisotopic (exact) mass is 163 g/mol. The summed E-state index contributed by atoms with van der Waals surface area (Å²) in [5.74, 6) is 0.0819. The van der Waals surface area contributed by atoms with Crippen LogP contribution in [0.25, 0.3) is 6.08 Å². The number of phenolic OH excluding ortho intramolecular Hbond substituents is 1. The molecule has 0 radical (unpaired) electrons. The van der Waals surface area contributed by atoms with Gasteiger partial charge in [0, 0.05) is 5.56 Å². The van der Waals surface area contributed by atoms with Gasteiger partial charge in [-0.1, -0.05) is 23.9 Å². The average Bonchev–Trinajstić information content (AvgIpc) is 2.09. The maximum atomic E-state index is 9.22. The molecule has 3 heteroatoms. The van der Waals surface area contributed by atoms with Crippen molar-refractivity contribution in [2.45, 2.75) is 0 Å².